The van der Waals surface area contributed by atoms with E-state index in [0.29, 0.717) is 18.5 Å². The van der Waals surface area contributed by atoms with Crippen LogP contribution in [0.15, 0.2) is 12.1 Å². The molecule has 1 aromatic carbocycles. The Morgan fingerprint density at radius 1 is 1.27 bits per heavy atom. The molecule has 1 aliphatic heterocycles. The highest BCUT2D eigenvalue weighted by atomic mass is 32.2. The van der Waals surface area contributed by atoms with Crippen LogP contribution < -0.4 is 5.14 Å². The number of sulfonamides is 1. The van der Waals surface area contributed by atoms with E-state index in [0.717, 1.165) is 12.1 Å². The van der Waals surface area contributed by atoms with E-state index in [1.54, 1.807) is 0 Å². The van der Waals surface area contributed by atoms with Gasteiger partial charge in [0, 0.05) is 18.0 Å². The molecule has 1 unspecified atom stereocenters. The first-order valence-corrected chi connectivity index (χ1v) is 8.64. The molecule has 2 rings (SSSR count). The summed E-state index contributed by atoms with van der Waals surface area (Å²) >= 11 is 0. The lowest BCUT2D eigenvalue weighted by molar-refractivity contribution is 0.171. The molecule has 0 saturated carbocycles. The van der Waals surface area contributed by atoms with E-state index in [2.05, 4.69) is 0 Å². The third-order valence-corrected chi connectivity index (χ3v) is 5.16. The Hall–Kier alpha value is -1.12. The van der Waals surface area contributed by atoms with Crippen LogP contribution in [0.3, 0.4) is 0 Å². The molecule has 0 radical (unpaired) electrons. The number of hydrogen-bond donors (Lipinski definition) is 1. The lowest BCUT2D eigenvalue weighted by Crippen LogP contribution is -2.44. The van der Waals surface area contributed by atoms with E-state index in [-0.39, 0.29) is 18.2 Å². The van der Waals surface area contributed by atoms with Gasteiger partial charge in [-0.25, -0.2) is 26.7 Å². The summed E-state index contributed by atoms with van der Waals surface area (Å²) in [5, 5.41) is 5.01. The summed E-state index contributed by atoms with van der Waals surface area (Å²) in [5.41, 5.74) is -0.138. The van der Waals surface area contributed by atoms with E-state index in [9.17, 15) is 21.6 Å². The van der Waals surface area contributed by atoms with Crippen LogP contribution >= 0.6 is 0 Å². The summed E-state index contributed by atoms with van der Waals surface area (Å²) in [6.45, 7) is 4.56. The molecule has 0 aromatic heterocycles. The predicted molar refractivity (Wildman–Crippen MR) is 77.3 cm³/mol. The zero-order valence-corrected chi connectivity index (χ0v) is 13.3. The Morgan fingerprint density at radius 3 is 2.32 bits per heavy atom. The molecule has 22 heavy (non-hydrogen) atoms. The van der Waals surface area contributed by atoms with Crippen molar-refractivity contribution in [1.29, 1.82) is 0 Å². The summed E-state index contributed by atoms with van der Waals surface area (Å²) in [5.74, 6) is -4.32. The normalized spacial score (nSPS) is 22.2. The fourth-order valence-corrected chi connectivity index (χ4v) is 3.61. The third kappa shape index (κ3) is 3.44. The minimum Gasteiger partial charge on any atom is -0.297 e. The molecule has 0 aliphatic carbocycles. The maximum Gasteiger partial charge on any atom is 0.210 e. The molecule has 0 bridgehead atoms. The molecule has 4 nitrogen and oxygen atoms in total. The zero-order chi connectivity index (χ0) is 16.7. The van der Waals surface area contributed by atoms with Crippen molar-refractivity contribution in [3.05, 3.63) is 35.1 Å². The zero-order valence-electron chi connectivity index (χ0n) is 12.4. The predicted octanol–water partition coefficient (Wildman–Crippen LogP) is 1.96. The van der Waals surface area contributed by atoms with Crippen molar-refractivity contribution < 1.29 is 21.6 Å². The highest BCUT2D eigenvalue weighted by Crippen LogP contribution is 2.42. The van der Waals surface area contributed by atoms with Crippen molar-refractivity contribution in [2.75, 3.05) is 18.8 Å². The average molecular weight is 336 g/mol. The lowest BCUT2D eigenvalue weighted by atomic mass is 9.82. The standard InChI is InChI=1S/C14H19F3N2O2S/c1-14(2)10(3-4-19(14)5-6-22(18,20)21)9-7-11(15)13(17)12(16)8-9/h7-8,10H,3-6H2,1-2H3,(H2,18,20,21). The fraction of sp³-hybridized carbons (Fsp3) is 0.571. The Balaban J connectivity index is 2.24. The van der Waals surface area contributed by atoms with Gasteiger partial charge in [-0.3, -0.25) is 4.90 Å². The molecule has 1 saturated heterocycles. The second-order valence-electron chi connectivity index (χ2n) is 6.15. The highest BCUT2D eigenvalue weighted by molar-refractivity contribution is 7.89. The summed E-state index contributed by atoms with van der Waals surface area (Å²) in [4.78, 5) is 1.92. The van der Waals surface area contributed by atoms with Crippen LogP contribution in [0.25, 0.3) is 0 Å². The van der Waals surface area contributed by atoms with Gasteiger partial charge in [0.15, 0.2) is 17.5 Å². The number of hydrogen-bond acceptors (Lipinski definition) is 3. The highest BCUT2D eigenvalue weighted by Gasteiger charge is 2.42. The second-order valence-corrected chi connectivity index (χ2v) is 7.88. The van der Waals surface area contributed by atoms with Crippen LogP contribution in [0, 0.1) is 17.5 Å². The van der Waals surface area contributed by atoms with Gasteiger partial charge in [0.1, 0.15) is 0 Å². The van der Waals surface area contributed by atoms with Crippen molar-refractivity contribution in [3.8, 4) is 0 Å². The lowest BCUT2D eigenvalue weighted by Gasteiger charge is -2.36. The van der Waals surface area contributed by atoms with Gasteiger partial charge in [-0.1, -0.05) is 0 Å². The SMILES string of the molecule is CC1(C)C(c2cc(F)c(F)c(F)c2)CCN1CCS(N)(=O)=O. The summed E-state index contributed by atoms with van der Waals surface area (Å²) in [6.07, 6.45) is 0.599. The summed E-state index contributed by atoms with van der Waals surface area (Å²) in [7, 11) is -3.57. The van der Waals surface area contributed by atoms with E-state index < -0.39 is 33.0 Å². The monoisotopic (exact) mass is 336 g/mol. The Labute approximate surface area is 128 Å². The maximum atomic E-state index is 13.4. The van der Waals surface area contributed by atoms with E-state index in [1.165, 1.54) is 0 Å². The average Bonchev–Trinajstić information content (AvgIpc) is 2.67. The van der Waals surface area contributed by atoms with Gasteiger partial charge < -0.3 is 0 Å². The van der Waals surface area contributed by atoms with Crippen molar-refractivity contribution in [2.24, 2.45) is 5.14 Å². The summed E-state index contributed by atoms with van der Waals surface area (Å²) < 4.78 is 62.1. The van der Waals surface area contributed by atoms with Gasteiger partial charge in [0.05, 0.1) is 5.75 Å². The van der Waals surface area contributed by atoms with E-state index in [4.69, 9.17) is 5.14 Å². The fourth-order valence-electron chi connectivity index (χ4n) is 3.13. The molecule has 124 valence electrons. The van der Waals surface area contributed by atoms with Crippen molar-refractivity contribution >= 4 is 10.0 Å². The molecule has 0 spiro atoms. The first-order valence-electron chi connectivity index (χ1n) is 6.92. The number of likely N-dealkylation sites (tertiary alicyclic amines) is 1. The van der Waals surface area contributed by atoms with Crippen LogP contribution in [0.5, 0.6) is 0 Å². The molecule has 1 aromatic rings. The van der Waals surface area contributed by atoms with Gasteiger partial charge in [0.25, 0.3) is 0 Å². The van der Waals surface area contributed by atoms with Crippen molar-refractivity contribution in [3.63, 3.8) is 0 Å². The molecule has 8 heteroatoms. The molecule has 1 heterocycles. The molecule has 0 amide bonds. The molecule has 1 atom stereocenters. The minimum absolute atomic E-state index is 0.185. The van der Waals surface area contributed by atoms with Gasteiger partial charge in [-0.05, 0) is 44.5 Å². The summed E-state index contributed by atoms with van der Waals surface area (Å²) in [6, 6.07) is 2.02. The molecule has 1 aliphatic rings. The topological polar surface area (TPSA) is 63.4 Å². The molecule has 2 N–H and O–H groups in total. The van der Waals surface area contributed by atoms with E-state index >= 15 is 0 Å². The first kappa shape index (κ1) is 17.2. The molecule has 1 fully saturated rings. The van der Waals surface area contributed by atoms with Gasteiger partial charge in [-0.2, -0.15) is 0 Å². The number of benzene rings is 1. The quantitative estimate of drug-likeness (QED) is 0.855. The Kier molecular flexibility index (Phi) is 4.56. The number of rotatable bonds is 4. The van der Waals surface area contributed by atoms with Crippen molar-refractivity contribution in [1.82, 2.24) is 4.90 Å². The molecular weight excluding hydrogens is 317 g/mol. The minimum atomic E-state index is -3.57. The Bertz CT molecular complexity index is 654. The van der Waals surface area contributed by atoms with Crippen LogP contribution in [0.4, 0.5) is 13.2 Å². The number of nitrogens with zero attached hydrogens (tertiary/aromatic N) is 1. The second kappa shape index (κ2) is 5.82. The number of halogens is 3. The van der Waals surface area contributed by atoms with Gasteiger partial charge >= 0.3 is 0 Å². The van der Waals surface area contributed by atoms with Crippen LogP contribution in [0.1, 0.15) is 31.7 Å². The van der Waals surface area contributed by atoms with Gasteiger partial charge in [-0.15, -0.1) is 0 Å². The maximum absolute atomic E-state index is 13.4. The number of nitrogens with two attached hydrogens (primary N) is 1. The van der Waals surface area contributed by atoms with Crippen LogP contribution in [0.2, 0.25) is 0 Å². The Morgan fingerprint density at radius 2 is 1.82 bits per heavy atom. The van der Waals surface area contributed by atoms with Crippen LogP contribution in [-0.2, 0) is 10.0 Å². The smallest absolute Gasteiger partial charge is 0.210 e. The molecular formula is C14H19F3N2O2S. The van der Waals surface area contributed by atoms with Crippen LogP contribution in [-0.4, -0.2) is 37.7 Å². The third-order valence-electron chi connectivity index (χ3n) is 4.41. The largest absolute Gasteiger partial charge is 0.297 e. The van der Waals surface area contributed by atoms with Crippen molar-refractivity contribution in [2.45, 2.75) is 31.7 Å². The number of primary sulfonamides is 1. The van der Waals surface area contributed by atoms with Gasteiger partial charge in [0.2, 0.25) is 10.0 Å². The first-order chi connectivity index (χ1) is 10.0. The van der Waals surface area contributed by atoms with E-state index in [1.807, 2.05) is 18.7 Å².